The summed E-state index contributed by atoms with van der Waals surface area (Å²) in [6.45, 7) is 9.47. The van der Waals surface area contributed by atoms with E-state index in [1.807, 2.05) is 26.0 Å². The monoisotopic (exact) mass is 403 g/mol. The summed E-state index contributed by atoms with van der Waals surface area (Å²) in [6, 6.07) is 7.02. The zero-order chi connectivity index (χ0) is 20.7. The van der Waals surface area contributed by atoms with Crippen molar-refractivity contribution >= 4 is 23.6 Å². The van der Waals surface area contributed by atoms with E-state index >= 15 is 0 Å². The number of unbranched alkanes of at least 4 members (excludes halogenated alkanes) is 1. The van der Waals surface area contributed by atoms with Gasteiger partial charge in [-0.2, -0.15) is 0 Å². The van der Waals surface area contributed by atoms with Gasteiger partial charge in [-0.25, -0.2) is 9.78 Å². The molecule has 0 aliphatic heterocycles. The third-order valence-electron chi connectivity index (χ3n) is 4.65. The Kier molecular flexibility index (Phi) is 8.11. The fraction of sp³-hybridized carbons (Fsp3) is 0.476. The van der Waals surface area contributed by atoms with Crippen LogP contribution < -0.4 is 5.32 Å². The summed E-state index contributed by atoms with van der Waals surface area (Å²) in [5, 5.41) is 3.60. The van der Waals surface area contributed by atoms with Crippen LogP contribution >= 0.6 is 11.8 Å². The molecule has 0 aliphatic carbocycles. The van der Waals surface area contributed by atoms with Gasteiger partial charge in [0.1, 0.15) is 0 Å². The molecule has 0 bridgehead atoms. The number of rotatable bonds is 9. The normalized spacial score (nSPS) is 11.9. The number of nitrogens with one attached hydrogen (secondary N) is 1. The fourth-order valence-corrected chi connectivity index (χ4v) is 3.77. The van der Waals surface area contributed by atoms with Crippen molar-refractivity contribution in [2.24, 2.45) is 0 Å². The maximum absolute atomic E-state index is 12.5. The number of aromatic nitrogens is 2. The second-order valence-electron chi connectivity index (χ2n) is 6.74. The summed E-state index contributed by atoms with van der Waals surface area (Å²) in [7, 11) is 1.35. The van der Waals surface area contributed by atoms with E-state index < -0.39 is 0 Å². The molecule has 2 aromatic rings. The van der Waals surface area contributed by atoms with Crippen LogP contribution in [0.25, 0.3) is 0 Å². The van der Waals surface area contributed by atoms with E-state index in [-0.39, 0.29) is 17.1 Å². The maximum atomic E-state index is 12.5. The second-order valence-corrected chi connectivity index (χ2v) is 8.04. The Bertz CT molecular complexity index is 815. The lowest BCUT2D eigenvalue weighted by Gasteiger charge is -2.14. The predicted octanol–water partition coefficient (Wildman–Crippen LogP) is 3.88. The molecule has 1 aromatic carbocycles. The van der Waals surface area contributed by atoms with Crippen molar-refractivity contribution in [1.29, 1.82) is 0 Å². The summed E-state index contributed by atoms with van der Waals surface area (Å²) in [5.74, 6) is -0.410. The van der Waals surface area contributed by atoms with Gasteiger partial charge in [0.05, 0.1) is 23.6 Å². The number of amides is 1. The van der Waals surface area contributed by atoms with Crippen molar-refractivity contribution in [3.05, 3.63) is 46.8 Å². The Morgan fingerprint density at radius 3 is 2.54 bits per heavy atom. The molecule has 1 unspecified atom stereocenters. The van der Waals surface area contributed by atoms with Crippen molar-refractivity contribution in [2.45, 2.75) is 64.0 Å². The molecule has 7 heteroatoms. The second kappa shape index (κ2) is 10.3. The van der Waals surface area contributed by atoms with Gasteiger partial charge in [0.2, 0.25) is 5.91 Å². The first-order valence-electron chi connectivity index (χ1n) is 9.52. The summed E-state index contributed by atoms with van der Waals surface area (Å²) in [4.78, 5) is 28.6. The van der Waals surface area contributed by atoms with E-state index in [4.69, 9.17) is 0 Å². The van der Waals surface area contributed by atoms with Gasteiger partial charge in [-0.15, -0.1) is 0 Å². The number of hydrogen-bond acceptors (Lipinski definition) is 5. The van der Waals surface area contributed by atoms with E-state index in [1.165, 1.54) is 18.9 Å². The summed E-state index contributed by atoms with van der Waals surface area (Å²) < 4.78 is 6.89. The zero-order valence-corrected chi connectivity index (χ0v) is 18.1. The van der Waals surface area contributed by atoms with Gasteiger partial charge in [0.25, 0.3) is 0 Å². The molecule has 1 aromatic heterocycles. The van der Waals surface area contributed by atoms with E-state index in [2.05, 4.69) is 33.5 Å². The number of imidazole rings is 1. The van der Waals surface area contributed by atoms with E-state index in [0.717, 1.165) is 41.5 Å². The van der Waals surface area contributed by atoms with E-state index in [0.29, 0.717) is 12.1 Å². The lowest BCUT2D eigenvalue weighted by atomic mass is 10.1. The molecule has 0 radical (unpaired) electrons. The van der Waals surface area contributed by atoms with Gasteiger partial charge in [-0.3, -0.25) is 4.79 Å². The van der Waals surface area contributed by atoms with Crippen LogP contribution in [0.4, 0.5) is 0 Å². The third kappa shape index (κ3) is 5.61. The largest absolute Gasteiger partial charge is 0.465 e. The quantitative estimate of drug-likeness (QED) is 0.508. The number of carbonyl (C=O) groups is 2. The molecule has 0 aliphatic rings. The van der Waals surface area contributed by atoms with Gasteiger partial charge in [-0.05, 0) is 44.9 Å². The molecule has 1 atom stereocenters. The number of nitrogens with zero attached hydrogens (tertiary/aromatic N) is 2. The number of benzene rings is 1. The van der Waals surface area contributed by atoms with Crippen LogP contribution in [0.1, 0.15) is 54.0 Å². The first-order valence-corrected chi connectivity index (χ1v) is 10.4. The average molecular weight is 404 g/mol. The minimum absolute atomic E-state index is 0.0395. The zero-order valence-electron chi connectivity index (χ0n) is 17.2. The summed E-state index contributed by atoms with van der Waals surface area (Å²) >= 11 is 1.49. The number of carbonyl (C=O) groups excluding carboxylic acids is 2. The SMILES string of the molecule is CCCCn1c(SC(C)C(=O)NCc2ccc(C(=O)OC)cc2)nc(C)c1C. The Morgan fingerprint density at radius 2 is 1.93 bits per heavy atom. The summed E-state index contributed by atoms with van der Waals surface area (Å²) in [5.41, 5.74) is 3.59. The number of thioether (sulfide) groups is 1. The van der Waals surface area contributed by atoms with Crippen molar-refractivity contribution in [1.82, 2.24) is 14.9 Å². The highest BCUT2D eigenvalue weighted by atomic mass is 32.2. The first-order chi connectivity index (χ1) is 13.4. The van der Waals surface area contributed by atoms with Crippen LogP contribution in [0, 0.1) is 13.8 Å². The minimum Gasteiger partial charge on any atom is -0.465 e. The maximum Gasteiger partial charge on any atom is 0.337 e. The van der Waals surface area contributed by atoms with Crippen molar-refractivity contribution in [3.63, 3.8) is 0 Å². The fourth-order valence-electron chi connectivity index (χ4n) is 2.71. The highest BCUT2D eigenvalue weighted by Gasteiger charge is 2.19. The van der Waals surface area contributed by atoms with Crippen LogP contribution in [0.5, 0.6) is 0 Å². The van der Waals surface area contributed by atoms with Crippen LogP contribution in [0.3, 0.4) is 0 Å². The van der Waals surface area contributed by atoms with Gasteiger partial charge in [0, 0.05) is 18.8 Å². The third-order valence-corrected chi connectivity index (χ3v) is 5.74. The molecular weight excluding hydrogens is 374 g/mol. The molecule has 0 saturated carbocycles. The molecule has 6 nitrogen and oxygen atoms in total. The molecule has 1 N–H and O–H groups in total. The molecule has 2 rings (SSSR count). The van der Waals surface area contributed by atoms with Crippen LogP contribution in [-0.4, -0.2) is 33.8 Å². The highest BCUT2D eigenvalue weighted by Crippen LogP contribution is 2.26. The minimum atomic E-state index is -0.371. The van der Waals surface area contributed by atoms with Gasteiger partial charge < -0.3 is 14.6 Å². The summed E-state index contributed by atoms with van der Waals surface area (Å²) in [6.07, 6.45) is 2.21. The number of esters is 1. The molecule has 0 spiro atoms. The number of ether oxygens (including phenoxy) is 1. The number of hydrogen-bond donors (Lipinski definition) is 1. The molecular formula is C21H29N3O3S. The standard InChI is InChI=1S/C21H29N3O3S/c1-6-7-12-24-15(3)14(2)23-21(24)28-16(4)19(25)22-13-17-8-10-18(11-9-17)20(26)27-5/h8-11,16H,6-7,12-13H2,1-5H3,(H,22,25). The van der Waals surface area contributed by atoms with Crippen molar-refractivity contribution < 1.29 is 14.3 Å². The number of aryl methyl sites for hydroxylation is 1. The molecule has 1 heterocycles. The Hall–Kier alpha value is -2.28. The smallest absolute Gasteiger partial charge is 0.337 e. The molecule has 152 valence electrons. The number of methoxy groups -OCH3 is 1. The molecule has 0 fully saturated rings. The lowest BCUT2D eigenvalue weighted by Crippen LogP contribution is -2.30. The van der Waals surface area contributed by atoms with Crippen molar-refractivity contribution in [2.75, 3.05) is 7.11 Å². The Morgan fingerprint density at radius 1 is 1.25 bits per heavy atom. The predicted molar refractivity (Wildman–Crippen MR) is 112 cm³/mol. The first kappa shape index (κ1) is 22.0. The Labute approximate surface area is 171 Å². The lowest BCUT2D eigenvalue weighted by molar-refractivity contribution is -0.120. The van der Waals surface area contributed by atoms with E-state index in [9.17, 15) is 9.59 Å². The topological polar surface area (TPSA) is 73.2 Å². The molecule has 28 heavy (non-hydrogen) atoms. The van der Waals surface area contributed by atoms with E-state index in [1.54, 1.807) is 12.1 Å². The molecule has 1 amide bonds. The highest BCUT2D eigenvalue weighted by molar-refractivity contribution is 8.00. The van der Waals surface area contributed by atoms with Gasteiger partial charge >= 0.3 is 5.97 Å². The van der Waals surface area contributed by atoms with Crippen molar-refractivity contribution in [3.8, 4) is 0 Å². The van der Waals surface area contributed by atoms with Crippen LogP contribution in [0.2, 0.25) is 0 Å². The van der Waals surface area contributed by atoms with Crippen LogP contribution in [-0.2, 0) is 22.6 Å². The molecule has 0 saturated heterocycles. The van der Waals surface area contributed by atoms with Gasteiger partial charge in [-0.1, -0.05) is 37.2 Å². The van der Waals surface area contributed by atoms with Crippen LogP contribution in [0.15, 0.2) is 29.4 Å². The van der Waals surface area contributed by atoms with Gasteiger partial charge in [0.15, 0.2) is 5.16 Å². The Balaban J connectivity index is 1.94. The average Bonchev–Trinajstić information content (AvgIpc) is 2.97.